The van der Waals surface area contributed by atoms with Crippen molar-refractivity contribution in [1.82, 2.24) is 9.62 Å². The molecule has 7 nitrogen and oxygen atoms in total. The first-order chi connectivity index (χ1) is 10.2. The SMILES string of the molecule is CC(C)(C)C1CC(C(=O)OS(=O)(=O)N2CCNCC2)CCO1. The Labute approximate surface area is 132 Å². The highest BCUT2D eigenvalue weighted by molar-refractivity contribution is 7.84. The van der Waals surface area contributed by atoms with Crippen LogP contribution in [0.4, 0.5) is 0 Å². The van der Waals surface area contributed by atoms with Crippen molar-refractivity contribution >= 4 is 16.3 Å². The van der Waals surface area contributed by atoms with Crippen LogP contribution in [-0.2, 0) is 24.0 Å². The quantitative estimate of drug-likeness (QED) is 0.810. The van der Waals surface area contributed by atoms with Gasteiger partial charge in [0.15, 0.2) is 0 Å². The molecule has 8 heteroatoms. The van der Waals surface area contributed by atoms with E-state index in [0.29, 0.717) is 45.6 Å². The van der Waals surface area contributed by atoms with Crippen LogP contribution in [0.25, 0.3) is 0 Å². The van der Waals surface area contributed by atoms with Crippen molar-refractivity contribution in [3.63, 3.8) is 0 Å². The van der Waals surface area contributed by atoms with E-state index in [0.717, 1.165) is 0 Å². The molecule has 0 aromatic carbocycles. The third kappa shape index (κ3) is 4.41. The van der Waals surface area contributed by atoms with Gasteiger partial charge in [-0.3, -0.25) is 4.79 Å². The molecule has 2 aliphatic heterocycles. The lowest BCUT2D eigenvalue weighted by Crippen LogP contribution is -2.48. The van der Waals surface area contributed by atoms with E-state index < -0.39 is 22.2 Å². The molecule has 0 spiro atoms. The molecule has 0 aliphatic carbocycles. The summed E-state index contributed by atoms with van der Waals surface area (Å²) in [5.74, 6) is -1.08. The molecule has 22 heavy (non-hydrogen) atoms. The summed E-state index contributed by atoms with van der Waals surface area (Å²) in [6.45, 7) is 8.38. The Morgan fingerprint density at radius 1 is 1.27 bits per heavy atom. The van der Waals surface area contributed by atoms with Gasteiger partial charge in [0.25, 0.3) is 0 Å². The van der Waals surface area contributed by atoms with Gasteiger partial charge >= 0.3 is 16.3 Å². The number of piperazine rings is 1. The Bertz CT molecular complexity index is 494. The number of carbonyl (C=O) groups excluding carboxylic acids is 1. The number of ether oxygens (including phenoxy) is 1. The fourth-order valence-corrected chi connectivity index (χ4v) is 3.79. The van der Waals surface area contributed by atoms with Gasteiger partial charge in [0.1, 0.15) is 0 Å². The normalized spacial score (nSPS) is 28.3. The molecular weight excluding hydrogens is 308 g/mol. The van der Waals surface area contributed by atoms with E-state index in [1.807, 2.05) is 20.8 Å². The Kier molecular flexibility index (Phi) is 5.47. The van der Waals surface area contributed by atoms with Gasteiger partial charge in [-0.15, -0.1) is 0 Å². The summed E-state index contributed by atoms with van der Waals surface area (Å²) >= 11 is 0. The predicted octanol–water partition coefficient (Wildman–Crippen LogP) is 0.521. The smallest absolute Gasteiger partial charge is 0.378 e. The average molecular weight is 334 g/mol. The Hall–Kier alpha value is -0.700. The molecule has 2 rings (SSSR count). The summed E-state index contributed by atoms with van der Waals surface area (Å²) in [6, 6.07) is 0. The van der Waals surface area contributed by atoms with Crippen LogP contribution in [0.5, 0.6) is 0 Å². The van der Waals surface area contributed by atoms with Gasteiger partial charge in [0.05, 0.1) is 12.0 Å². The van der Waals surface area contributed by atoms with Gasteiger partial charge in [-0.25, -0.2) is 0 Å². The van der Waals surface area contributed by atoms with E-state index in [4.69, 9.17) is 8.92 Å². The second-order valence-electron chi connectivity index (χ2n) is 6.96. The minimum atomic E-state index is -3.98. The molecule has 0 aromatic rings. The second-order valence-corrected chi connectivity index (χ2v) is 8.49. The molecule has 2 saturated heterocycles. The van der Waals surface area contributed by atoms with Crippen LogP contribution in [0.15, 0.2) is 0 Å². The van der Waals surface area contributed by atoms with Crippen molar-refractivity contribution in [2.45, 2.75) is 39.7 Å². The first-order valence-electron chi connectivity index (χ1n) is 7.76. The monoisotopic (exact) mass is 334 g/mol. The van der Waals surface area contributed by atoms with E-state index in [9.17, 15) is 13.2 Å². The van der Waals surface area contributed by atoms with E-state index in [1.165, 1.54) is 4.31 Å². The fraction of sp³-hybridized carbons (Fsp3) is 0.929. The first-order valence-corrected chi connectivity index (χ1v) is 9.12. The summed E-state index contributed by atoms with van der Waals surface area (Å²) in [4.78, 5) is 12.2. The summed E-state index contributed by atoms with van der Waals surface area (Å²) < 4.78 is 36.0. The topological polar surface area (TPSA) is 84.9 Å². The zero-order valence-corrected chi connectivity index (χ0v) is 14.3. The van der Waals surface area contributed by atoms with Crippen LogP contribution in [0.2, 0.25) is 0 Å². The fourth-order valence-electron chi connectivity index (χ4n) is 2.71. The third-order valence-corrected chi connectivity index (χ3v) is 5.54. The van der Waals surface area contributed by atoms with Crippen LogP contribution in [0.3, 0.4) is 0 Å². The molecule has 1 N–H and O–H groups in total. The molecular formula is C14H26N2O5S. The van der Waals surface area contributed by atoms with E-state index in [1.54, 1.807) is 0 Å². The van der Waals surface area contributed by atoms with Crippen LogP contribution < -0.4 is 5.32 Å². The molecule has 2 unspecified atom stereocenters. The molecule has 2 heterocycles. The van der Waals surface area contributed by atoms with Crippen molar-refractivity contribution in [3.05, 3.63) is 0 Å². The molecule has 2 fully saturated rings. The zero-order chi connectivity index (χ0) is 16.4. The molecule has 0 aromatic heterocycles. The Morgan fingerprint density at radius 2 is 1.91 bits per heavy atom. The lowest BCUT2D eigenvalue weighted by Gasteiger charge is -2.36. The third-order valence-electron chi connectivity index (χ3n) is 4.16. The predicted molar refractivity (Wildman–Crippen MR) is 81.4 cm³/mol. The summed E-state index contributed by atoms with van der Waals surface area (Å²) in [6.07, 6.45) is 0.933. The van der Waals surface area contributed by atoms with Gasteiger partial charge < -0.3 is 14.2 Å². The average Bonchev–Trinajstić information content (AvgIpc) is 2.47. The van der Waals surface area contributed by atoms with Crippen molar-refractivity contribution in [2.24, 2.45) is 11.3 Å². The van der Waals surface area contributed by atoms with Crippen LogP contribution in [-0.4, -0.2) is 57.6 Å². The molecule has 0 bridgehead atoms. The Balaban J connectivity index is 1.96. The lowest BCUT2D eigenvalue weighted by molar-refractivity contribution is -0.147. The van der Waals surface area contributed by atoms with Gasteiger partial charge in [-0.2, -0.15) is 12.7 Å². The number of nitrogens with zero attached hydrogens (tertiary/aromatic N) is 1. The summed E-state index contributed by atoms with van der Waals surface area (Å²) in [5, 5.41) is 3.06. The molecule has 0 radical (unpaired) electrons. The van der Waals surface area contributed by atoms with E-state index >= 15 is 0 Å². The van der Waals surface area contributed by atoms with Crippen molar-refractivity contribution < 1.29 is 22.1 Å². The highest BCUT2D eigenvalue weighted by Gasteiger charge is 2.38. The first kappa shape index (κ1) is 17.7. The molecule has 0 amide bonds. The summed E-state index contributed by atoms with van der Waals surface area (Å²) in [5.41, 5.74) is -0.0869. The molecule has 128 valence electrons. The highest BCUT2D eigenvalue weighted by Crippen LogP contribution is 2.33. The number of nitrogens with one attached hydrogen (secondary N) is 1. The maximum atomic E-state index is 12.2. The van der Waals surface area contributed by atoms with Gasteiger partial charge in [-0.05, 0) is 18.3 Å². The largest absolute Gasteiger partial charge is 0.387 e. The van der Waals surface area contributed by atoms with Gasteiger partial charge in [-0.1, -0.05) is 20.8 Å². The van der Waals surface area contributed by atoms with Gasteiger partial charge in [0.2, 0.25) is 0 Å². The minimum absolute atomic E-state index is 0.0688. The maximum absolute atomic E-state index is 12.2. The van der Waals surface area contributed by atoms with Crippen molar-refractivity contribution in [1.29, 1.82) is 0 Å². The number of hydrogen-bond acceptors (Lipinski definition) is 6. The Morgan fingerprint density at radius 3 is 2.50 bits per heavy atom. The lowest BCUT2D eigenvalue weighted by atomic mass is 9.81. The molecule has 2 aliphatic rings. The summed E-state index contributed by atoms with van der Waals surface area (Å²) in [7, 11) is -3.98. The number of rotatable bonds is 3. The highest BCUT2D eigenvalue weighted by atomic mass is 32.2. The maximum Gasteiger partial charge on any atom is 0.387 e. The van der Waals surface area contributed by atoms with Crippen LogP contribution >= 0.6 is 0 Å². The van der Waals surface area contributed by atoms with Gasteiger partial charge in [0, 0.05) is 32.8 Å². The van der Waals surface area contributed by atoms with E-state index in [2.05, 4.69) is 5.32 Å². The zero-order valence-electron chi connectivity index (χ0n) is 13.5. The molecule has 2 atom stereocenters. The van der Waals surface area contributed by atoms with Crippen LogP contribution in [0, 0.1) is 11.3 Å². The molecule has 0 saturated carbocycles. The number of hydrogen-bond donors (Lipinski definition) is 1. The van der Waals surface area contributed by atoms with Crippen molar-refractivity contribution in [3.8, 4) is 0 Å². The second kappa shape index (κ2) is 6.82. The van der Waals surface area contributed by atoms with E-state index in [-0.39, 0.29) is 11.5 Å². The van der Waals surface area contributed by atoms with Crippen molar-refractivity contribution in [2.75, 3.05) is 32.8 Å². The minimum Gasteiger partial charge on any atom is -0.378 e. The standard InChI is InChI=1S/C14H26N2O5S/c1-14(2,3)12-10-11(4-9-20-12)13(17)21-22(18,19)16-7-5-15-6-8-16/h11-12,15H,4-10H2,1-3H3. The van der Waals surface area contributed by atoms with Crippen LogP contribution in [0.1, 0.15) is 33.6 Å². The number of carbonyl (C=O) groups is 1.